The van der Waals surface area contributed by atoms with E-state index in [1.165, 1.54) is 0 Å². The van der Waals surface area contributed by atoms with Gasteiger partial charge >= 0.3 is 0 Å². The molecule has 0 bridgehead atoms. The highest BCUT2D eigenvalue weighted by molar-refractivity contribution is 7.98. The lowest BCUT2D eigenvalue weighted by Crippen LogP contribution is -2.03. The lowest BCUT2D eigenvalue weighted by Gasteiger charge is -2.02. The zero-order chi connectivity index (χ0) is 11.5. The summed E-state index contributed by atoms with van der Waals surface area (Å²) >= 11 is 1.66. The van der Waals surface area contributed by atoms with Crippen LogP contribution in [0.4, 0.5) is 5.69 Å². The number of amides is 1. The van der Waals surface area contributed by atoms with Gasteiger partial charge < -0.3 is 5.32 Å². The number of anilines is 1. The molecule has 1 aliphatic heterocycles. The van der Waals surface area contributed by atoms with E-state index in [1.54, 1.807) is 17.8 Å². The van der Waals surface area contributed by atoms with Gasteiger partial charge in [-0.15, -0.1) is 0 Å². The summed E-state index contributed by atoms with van der Waals surface area (Å²) in [5, 5.41) is 2.75. The van der Waals surface area contributed by atoms with E-state index in [9.17, 15) is 9.59 Å². The molecule has 1 aromatic rings. The number of thioether (sulfide) groups is 1. The molecule has 1 aliphatic rings. The number of benzene rings is 1. The Labute approximate surface area is 98.6 Å². The van der Waals surface area contributed by atoms with Crippen LogP contribution >= 0.6 is 11.8 Å². The first-order chi connectivity index (χ1) is 7.70. The van der Waals surface area contributed by atoms with Gasteiger partial charge in [0.25, 0.3) is 0 Å². The molecule has 0 unspecified atom stereocenters. The first kappa shape index (κ1) is 11.2. The van der Waals surface area contributed by atoms with Crippen LogP contribution in [0.1, 0.15) is 22.3 Å². The maximum absolute atomic E-state index is 11.8. The van der Waals surface area contributed by atoms with Gasteiger partial charge in [-0.25, -0.2) is 0 Å². The molecule has 1 amide bonds. The van der Waals surface area contributed by atoms with Gasteiger partial charge in [-0.3, -0.25) is 9.59 Å². The van der Waals surface area contributed by atoms with E-state index >= 15 is 0 Å². The molecular formula is C12H13NO2S. The Kier molecular flexibility index (Phi) is 3.29. The van der Waals surface area contributed by atoms with Gasteiger partial charge in [-0.1, -0.05) is 0 Å². The number of carbonyl (C=O) groups excluding carboxylic acids is 2. The number of nitrogens with one attached hydrogen (secondary N) is 1. The van der Waals surface area contributed by atoms with E-state index in [0.29, 0.717) is 18.4 Å². The van der Waals surface area contributed by atoms with Gasteiger partial charge in [0.15, 0.2) is 5.78 Å². The van der Waals surface area contributed by atoms with Gasteiger partial charge in [0, 0.05) is 23.4 Å². The van der Waals surface area contributed by atoms with E-state index in [4.69, 9.17) is 0 Å². The SMILES string of the molecule is CSCCC(=O)c1ccc2c(c1)CC(=O)N2. The first-order valence-corrected chi connectivity index (χ1v) is 6.55. The van der Waals surface area contributed by atoms with E-state index < -0.39 is 0 Å². The van der Waals surface area contributed by atoms with Crippen molar-refractivity contribution >= 4 is 29.1 Å². The topological polar surface area (TPSA) is 46.2 Å². The summed E-state index contributed by atoms with van der Waals surface area (Å²) in [7, 11) is 0. The Morgan fingerprint density at radius 3 is 3.06 bits per heavy atom. The molecule has 0 fully saturated rings. The molecule has 4 heteroatoms. The smallest absolute Gasteiger partial charge is 0.228 e. The Morgan fingerprint density at radius 1 is 1.50 bits per heavy atom. The summed E-state index contributed by atoms with van der Waals surface area (Å²) < 4.78 is 0. The second kappa shape index (κ2) is 4.70. The minimum absolute atomic E-state index is 0.00344. The fourth-order valence-electron chi connectivity index (χ4n) is 1.74. The number of Topliss-reactive ketones (excluding diaryl/α,β-unsaturated/α-hetero) is 1. The monoisotopic (exact) mass is 235 g/mol. The minimum Gasteiger partial charge on any atom is -0.326 e. The van der Waals surface area contributed by atoms with Crippen LogP contribution in [0.25, 0.3) is 0 Å². The van der Waals surface area contributed by atoms with Gasteiger partial charge in [0.2, 0.25) is 5.91 Å². The van der Waals surface area contributed by atoms with E-state index in [2.05, 4.69) is 5.32 Å². The number of fused-ring (bicyclic) bond motifs is 1. The third-order valence-corrected chi connectivity index (χ3v) is 3.20. The second-order valence-corrected chi connectivity index (χ2v) is 4.75. The molecule has 0 saturated carbocycles. The number of ketones is 1. The molecular weight excluding hydrogens is 222 g/mol. The van der Waals surface area contributed by atoms with Gasteiger partial charge in [-0.05, 0) is 30.0 Å². The van der Waals surface area contributed by atoms with Gasteiger partial charge in [0.05, 0.1) is 6.42 Å². The molecule has 1 aromatic carbocycles. The number of carbonyl (C=O) groups is 2. The molecule has 1 N–H and O–H groups in total. The summed E-state index contributed by atoms with van der Waals surface area (Å²) in [6.45, 7) is 0. The normalized spacial score (nSPS) is 13.4. The first-order valence-electron chi connectivity index (χ1n) is 5.15. The summed E-state index contributed by atoms with van der Waals surface area (Å²) in [5.41, 5.74) is 2.48. The lowest BCUT2D eigenvalue weighted by atomic mass is 10.0. The van der Waals surface area contributed by atoms with Gasteiger partial charge in [-0.2, -0.15) is 11.8 Å². The Morgan fingerprint density at radius 2 is 2.31 bits per heavy atom. The summed E-state index contributed by atoms with van der Waals surface area (Å²) in [4.78, 5) is 22.9. The average Bonchev–Trinajstić information content (AvgIpc) is 2.64. The largest absolute Gasteiger partial charge is 0.326 e. The van der Waals surface area contributed by atoms with Crippen molar-refractivity contribution in [2.45, 2.75) is 12.8 Å². The van der Waals surface area contributed by atoms with Crippen molar-refractivity contribution < 1.29 is 9.59 Å². The lowest BCUT2D eigenvalue weighted by molar-refractivity contribution is -0.115. The maximum atomic E-state index is 11.8. The summed E-state index contributed by atoms with van der Waals surface area (Å²) in [6, 6.07) is 5.43. The van der Waals surface area contributed by atoms with Crippen molar-refractivity contribution in [2.75, 3.05) is 17.3 Å². The third-order valence-electron chi connectivity index (χ3n) is 2.59. The molecule has 0 aliphatic carbocycles. The number of rotatable bonds is 4. The predicted octanol–water partition coefficient (Wildman–Crippen LogP) is 2.12. The molecule has 0 atom stereocenters. The summed E-state index contributed by atoms with van der Waals surface area (Å²) in [6.07, 6.45) is 2.93. The Bertz CT molecular complexity index is 443. The molecule has 3 nitrogen and oxygen atoms in total. The van der Waals surface area contributed by atoms with Crippen LogP contribution in [0.3, 0.4) is 0 Å². The highest BCUT2D eigenvalue weighted by Crippen LogP contribution is 2.24. The van der Waals surface area contributed by atoms with Crippen molar-refractivity contribution in [1.82, 2.24) is 0 Å². The molecule has 0 aromatic heterocycles. The third kappa shape index (κ3) is 2.27. The van der Waals surface area contributed by atoms with Crippen LogP contribution in [0.5, 0.6) is 0 Å². The molecule has 2 rings (SSSR count). The molecule has 84 valence electrons. The number of hydrogen-bond acceptors (Lipinski definition) is 3. The average molecular weight is 235 g/mol. The molecule has 0 saturated heterocycles. The van der Waals surface area contributed by atoms with Crippen molar-refractivity contribution in [1.29, 1.82) is 0 Å². The van der Waals surface area contributed by atoms with E-state index in [0.717, 1.165) is 17.0 Å². The van der Waals surface area contributed by atoms with Gasteiger partial charge in [0.1, 0.15) is 0 Å². The highest BCUT2D eigenvalue weighted by atomic mass is 32.2. The van der Waals surface area contributed by atoms with Crippen molar-refractivity contribution in [2.24, 2.45) is 0 Å². The minimum atomic E-state index is 0.00344. The number of hydrogen-bond donors (Lipinski definition) is 1. The quantitative estimate of drug-likeness (QED) is 0.813. The van der Waals surface area contributed by atoms with Crippen molar-refractivity contribution in [3.8, 4) is 0 Å². The molecule has 1 heterocycles. The van der Waals surface area contributed by atoms with E-state index in [-0.39, 0.29) is 11.7 Å². The van der Waals surface area contributed by atoms with Crippen LogP contribution in [0.2, 0.25) is 0 Å². The summed E-state index contributed by atoms with van der Waals surface area (Å²) in [5.74, 6) is 0.993. The molecule has 0 spiro atoms. The second-order valence-electron chi connectivity index (χ2n) is 3.76. The van der Waals surface area contributed by atoms with Crippen LogP contribution < -0.4 is 5.32 Å². The Balaban J connectivity index is 2.16. The predicted molar refractivity (Wildman–Crippen MR) is 66.1 cm³/mol. The van der Waals surface area contributed by atoms with Crippen molar-refractivity contribution in [3.63, 3.8) is 0 Å². The highest BCUT2D eigenvalue weighted by Gasteiger charge is 2.18. The van der Waals surface area contributed by atoms with Crippen molar-refractivity contribution in [3.05, 3.63) is 29.3 Å². The molecule has 16 heavy (non-hydrogen) atoms. The standard InChI is InChI=1S/C12H13NO2S/c1-16-5-4-11(14)8-2-3-10-9(6-8)7-12(15)13-10/h2-3,6H,4-5,7H2,1H3,(H,13,15). The zero-order valence-corrected chi connectivity index (χ0v) is 9.89. The fourth-order valence-corrected chi connectivity index (χ4v) is 2.13. The van der Waals surface area contributed by atoms with E-state index in [1.807, 2.05) is 18.4 Å². The van der Waals surface area contributed by atoms with Crippen LogP contribution in [-0.2, 0) is 11.2 Å². The van der Waals surface area contributed by atoms with Crippen LogP contribution in [0.15, 0.2) is 18.2 Å². The van der Waals surface area contributed by atoms with Crippen LogP contribution in [0, 0.1) is 0 Å². The zero-order valence-electron chi connectivity index (χ0n) is 9.08. The fraction of sp³-hybridized carbons (Fsp3) is 0.333. The van der Waals surface area contributed by atoms with Crippen LogP contribution in [-0.4, -0.2) is 23.7 Å². The maximum Gasteiger partial charge on any atom is 0.228 e. The molecule has 0 radical (unpaired) electrons. The Hall–Kier alpha value is -1.29.